The van der Waals surface area contributed by atoms with E-state index in [2.05, 4.69) is 0 Å². The Morgan fingerprint density at radius 2 is 1.33 bits per heavy atom. The molecule has 0 N–H and O–H groups in total. The Morgan fingerprint density at radius 3 is 1.89 bits per heavy atom. The first-order valence-electron chi connectivity index (χ1n) is 14.8. The number of nitrogens with zero attached hydrogens (tertiary/aromatic N) is 1. The molecule has 4 aromatic rings. The van der Waals surface area contributed by atoms with E-state index in [0.717, 1.165) is 16.7 Å². The summed E-state index contributed by atoms with van der Waals surface area (Å²) in [7, 11) is 1.30. The van der Waals surface area contributed by atoms with E-state index >= 15 is 0 Å². The summed E-state index contributed by atoms with van der Waals surface area (Å²) < 4.78 is 31.8. The number of aromatic nitrogens is 1. The van der Waals surface area contributed by atoms with Gasteiger partial charge >= 0.3 is 11.9 Å². The van der Waals surface area contributed by atoms with Gasteiger partial charge in [-0.2, -0.15) is 4.73 Å². The molecule has 0 unspecified atom stereocenters. The molecule has 46 heavy (non-hydrogen) atoms. The molecule has 1 saturated heterocycles. The van der Waals surface area contributed by atoms with Gasteiger partial charge in [-0.25, -0.2) is 9.59 Å². The van der Waals surface area contributed by atoms with Crippen LogP contribution in [0.15, 0.2) is 128 Å². The third-order valence-electron chi connectivity index (χ3n) is 7.19. The Kier molecular flexibility index (Phi) is 12.0. The molecule has 1 fully saturated rings. The highest BCUT2D eigenvalue weighted by Gasteiger charge is 2.56. The van der Waals surface area contributed by atoms with Crippen LogP contribution in [0, 0.1) is 4.64 Å². The lowest BCUT2D eigenvalue weighted by Gasteiger charge is -2.32. The first kappa shape index (κ1) is 32.9. The Hall–Kier alpha value is -4.45. The molecule has 1 aliphatic rings. The summed E-state index contributed by atoms with van der Waals surface area (Å²) in [6, 6.07) is 34.0. The van der Waals surface area contributed by atoms with E-state index < -0.39 is 42.5 Å². The van der Waals surface area contributed by atoms with Gasteiger partial charge in [-0.05, 0) is 34.9 Å². The number of ether oxygens (including phenoxy) is 5. The lowest BCUT2D eigenvalue weighted by atomic mass is 10.0. The van der Waals surface area contributed by atoms with E-state index in [1.807, 2.05) is 91.0 Å². The molecule has 238 valence electrons. The van der Waals surface area contributed by atoms with E-state index in [1.54, 1.807) is 30.5 Å². The Morgan fingerprint density at radius 1 is 0.783 bits per heavy atom. The van der Waals surface area contributed by atoms with Gasteiger partial charge in [-0.1, -0.05) is 109 Å². The second-order valence-corrected chi connectivity index (χ2v) is 10.9. The monoisotopic (exact) mass is 641 g/mol. The number of carbonyl (C=O) groups is 2. The average molecular weight is 642 g/mol. The zero-order valence-corrected chi connectivity index (χ0v) is 26.1. The zero-order chi connectivity index (χ0) is 32.1. The summed E-state index contributed by atoms with van der Waals surface area (Å²) in [6.45, 7) is 0.625. The molecule has 2 heterocycles. The van der Waals surface area contributed by atoms with Crippen molar-refractivity contribution in [1.82, 2.24) is 4.73 Å². The number of rotatable bonds is 16. The number of hydrogen-bond donors (Lipinski definition) is 0. The fourth-order valence-corrected chi connectivity index (χ4v) is 4.93. The fraction of sp³-hybridized carbons (Fsp3) is 0.250. The normalized spacial score (nSPS) is 17.6. The first-order valence-corrected chi connectivity index (χ1v) is 15.2. The van der Waals surface area contributed by atoms with Crippen molar-refractivity contribution < 1.29 is 38.1 Å². The van der Waals surface area contributed by atoms with E-state index in [4.69, 9.17) is 40.7 Å². The molecule has 0 saturated carbocycles. The molecule has 1 aromatic heterocycles. The van der Waals surface area contributed by atoms with Crippen LogP contribution in [0.2, 0.25) is 0 Å². The van der Waals surface area contributed by atoms with Crippen molar-refractivity contribution >= 4 is 24.2 Å². The molecule has 5 atom stereocenters. The number of pyridine rings is 1. The fourth-order valence-electron chi connectivity index (χ4n) is 4.75. The van der Waals surface area contributed by atoms with Crippen LogP contribution in [-0.4, -0.2) is 54.3 Å². The lowest BCUT2D eigenvalue weighted by molar-refractivity contribution is -0.148. The van der Waals surface area contributed by atoms with Crippen LogP contribution < -0.4 is 4.84 Å². The van der Waals surface area contributed by atoms with Gasteiger partial charge in [0.2, 0.25) is 0 Å². The first-order chi connectivity index (χ1) is 22.5. The molecule has 0 amide bonds. The minimum atomic E-state index is -0.954. The number of hydrogen-bond acceptors (Lipinski definition) is 9. The van der Waals surface area contributed by atoms with Crippen LogP contribution >= 0.6 is 12.2 Å². The van der Waals surface area contributed by atoms with Gasteiger partial charge in [-0.15, -0.1) is 0 Å². The molecule has 0 radical (unpaired) electrons. The second kappa shape index (κ2) is 16.7. The number of carbonyl (C=O) groups excluding carboxylic acids is 2. The number of esters is 1. The highest BCUT2D eigenvalue weighted by Crippen LogP contribution is 2.34. The van der Waals surface area contributed by atoms with Crippen molar-refractivity contribution in [3.05, 3.63) is 149 Å². The van der Waals surface area contributed by atoms with E-state index in [-0.39, 0.29) is 19.8 Å². The summed E-state index contributed by atoms with van der Waals surface area (Å²) in [5.74, 6) is -1.19. The predicted molar refractivity (Wildman–Crippen MR) is 172 cm³/mol. The Labute approximate surface area is 272 Å². The van der Waals surface area contributed by atoms with E-state index in [0.29, 0.717) is 4.64 Å². The SMILES string of the molecule is COC(=O)/C=C/[C@@H](OCc1ccccc1)[C@H](OCc1ccccc1)[C@@H](OCc1ccccc1)[C@H]1O[C@H]1C(=O)On1ccccc1=S. The van der Waals surface area contributed by atoms with Gasteiger partial charge in [0.25, 0.3) is 0 Å². The van der Waals surface area contributed by atoms with Crippen LogP contribution in [-0.2, 0) is 53.1 Å². The highest BCUT2D eigenvalue weighted by molar-refractivity contribution is 7.71. The number of epoxide rings is 1. The molecule has 10 heteroatoms. The molecule has 0 bridgehead atoms. The van der Waals surface area contributed by atoms with Crippen molar-refractivity contribution in [2.45, 2.75) is 50.3 Å². The van der Waals surface area contributed by atoms with Gasteiger partial charge in [0.15, 0.2) is 6.10 Å². The van der Waals surface area contributed by atoms with E-state index in [1.165, 1.54) is 17.9 Å². The standard InChI is InChI=1S/C36H35NO8S/c1-40-31(38)21-20-29(41-23-26-13-5-2-6-14-26)32(42-24-27-15-7-3-8-16-27)33(43-25-28-17-9-4-10-18-28)34-35(44-34)36(39)45-37-22-12-11-19-30(37)46/h2-22,29,32-35H,23-25H2,1H3/b21-20+/t29-,32+,33-,34-,35-/m1/s1. The van der Waals surface area contributed by atoms with Crippen molar-refractivity contribution in [3.63, 3.8) is 0 Å². The maximum absolute atomic E-state index is 13.2. The Bertz CT molecular complexity index is 1630. The van der Waals surface area contributed by atoms with Crippen molar-refractivity contribution in [1.29, 1.82) is 0 Å². The van der Waals surface area contributed by atoms with Crippen LogP contribution in [0.4, 0.5) is 0 Å². The highest BCUT2D eigenvalue weighted by atomic mass is 32.1. The third-order valence-corrected chi connectivity index (χ3v) is 7.50. The zero-order valence-electron chi connectivity index (χ0n) is 25.3. The second-order valence-electron chi connectivity index (χ2n) is 10.5. The predicted octanol–water partition coefficient (Wildman–Crippen LogP) is 5.43. The van der Waals surface area contributed by atoms with E-state index in [9.17, 15) is 9.59 Å². The van der Waals surface area contributed by atoms with Gasteiger partial charge in [-0.3, -0.25) is 0 Å². The van der Waals surface area contributed by atoms with Crippen LogP contribution in [0.25, 0.3) is 0 Å². The van der Waals surface area contributed by atoms with Gasteiger partial charge in [0, 0.05) is 12.3 Å². The van der Waals surface area contributed by atoms with Crippen molar-refractivity contribution in [2.24, 2.45) is 0 Å². The molecular formula is C36H35NO8S. The topological polar surface area (TPSA) is 97.8 Å². The molecular weight excluding hydrogens is 606 g/mol. The summed E-state index contributed by atoms with van der Waals surface area (Å²) >= 11 is 5.28. The van der Waals surface area contributed by atoms with Gasteiger partial charge < -0.3 is 28.5 Å². The summed E-state index contributed by atoms with van der Waals surface area (Å²) in [5.41, 5.74) is 2.75. The maximum atomic E-state index is 13.2. The lowest BCUT2D eigenvalue weighted by Crippen LogP contribution is -2.46. The largest absolute Gasteiger partial charge is 0.466 e. The molecule has 5 rings (SSSR count). The molecule has 9 nitrogen and oxygen atoms in total. The van der Waals surface area contributed by atoms with Gasteiger partial charge in [0.05, 0.1) is 26.9 Å². The van der Waals surface area contributed by atoms with Crippen LogP contribution in [0.5, 0.6) is 0 Å². The third kappa shape index (κ3) is 9.53. The maximum Gasteiger partial charge on any atom is 0.364 e. The average Bonchev–Trinajstić information content (AvgIpc) is 3.90. The summed E-state index contributed by atoms with van der Waals surface area (Å²) in [5, 5.41) is 0. The molecule has 0 spiro atoms. The summed E-state index contributed by atoms with van der Waals surface area (Å²) in [4.78, 5) is 31.0. The number of benzene rings is 3. The minimum Gasteiger partial charge on any atom is -0.466 e. The van der Waals surface area contributed by atoms with Crippen LogP contribution in [0.1, 0.15) is 16.7 Å². The quantitative estimate of drug-likeness (QED) is 0.0687. The summed E-state index contributed by atoms with van der Waals surface area (Å²) in [6.07, 6.45) is 0.254. The molecule has 3 aromatic carbocycles. The minimum absolute atomic E-state index is 0.203. The van der Waals surface area contributed by atoms with Gasteiger partial charge in [0.1, 0.15) is 29.1 Å². The van der Waals surface area contributed by atoms with Crippen LogP contribution in [0.3, 0.4) is 0 Å². The molecule has 0 aliphatic carbocycles. The molecule has 1 aliphatic heterocycles. The Balaban J connectivity index is 1.46. The van der Waals surface area contributed by atoms with Crippen molar-refractivity contribution in [2.75, 3.05) is 7.11 Å². The smallest absolute Gasteiger partial charge is 0.364 e. The number of methoxy groups -OCH3 is 1. The van der Waals surface area contributed by atoms with Crippen molar-refractivity contribution in [3.8, 4) is 0 Å².